The first kappa shape index (κ1) is 19.0. The van der Waals surface area contributed by atoms with Crippen LogP contribution in [0.4, 0.5) is 17.2 Å². The van der Waals surface area contributed by atoms with Gasteiger partial charge in [-0.2, -0.15) is 11.8 Å². The predicted octanol–water partition coefficient (Wildman–Crippen LogP) is 2.04. The SMILES string of the molecule is CSCC(N)CNc1cnc(C(N)=O)c(Nc2cc(C)cc(C)n2)c1. The Morgan fingerprint density at radius 2 is 2.08 bits per heavy atom. The number of rotatable bonds is 8. The summed E-state index contributed by atoms with van der Waals surface area (Å²) in [4.78, 5) is 20.3. The van der Waals surface area contributed by atoms with Crippen molar-refractivity contribution < 1.29 is 4.79 Å². The number of carbonyl (C=O) groups is 1. The van der Waals surface area contributed by atoms with E-state index in [-0.39, 0.29) is 11.7 Å². The summed E-state index contributed by atoms with van der Waals surface area (Å²) >= 11 is 1.70. The summed E-state index contributed by atoms with van der Waals surface area (Å²) in [5.74, 6) is 0.896. The van der Waals surface area contributed by atoms with E-state index in [2.05, 4.69) is 20.6 Å². The molecule has 1 amide bonds. The molecule has 7 nitrogen and oxygen atoms in total. The zero-order valence-corrected chi connectivity index (χ0v) is 15.5. The maximum atomic E-state index is 11.7. The van der Waals surface area contributed by atoms with Crippen LogP contribution in [0.2, 0.25) is 0 Å². The number of pyridine rings is 2. The molecular weight excluding hydrogens is 336 g/mol. The Balaban J connectivity index is 2.24. The van der Waals surface area contributed by atoms with Crippen LogP contribution in [-0.2, 0) is 0 Å². The molecule has 25 heavy (non-hydrogen) atoms. The first-order chi connectivity index (χ1) is 11.9. The van der Waals surface area contributed by atoms with Crippen LogP contribution in [-0.4, -0.2) is 40.5 Å². The van der Waals surface area contributed by atoms with Crippen molar-refractivity contribution in [1.29, 1.82) is 0 Å². The maximum Gasteiger partial charge on any atom is 0.269 e. The maximum absolute atomic E-state index is 11.7. The molecular formula is C17H24N6OS. The Morgan fingerprint density at radius 3 is 2.72 bits per heavy atom. The molecule has 0 aliphatic rings. The van der Waals surface area contributed by atoms with Gasteiger partial charge in [0.2, 0.25) is 0 Å². The van der Waals surface area contributed by atoms with Crippen LogP contribution in [0.25, 0.3) is 0 Å². The van der Waals surface area contributed by atoms with Gasteiger partial charge >= 0.3 is 0 Å². The number of aromatic nitrogens is 2. The van der Waals surface area contributed by atoms with Crippen molar-refractivity contribution >= 4 is 34.9 Å². The van der Waals surface area contributed by atoms with Crippen molar-refractivity contribution in [2.24, 2.45) is 11.5 Å². The Labute approximate surface area is 152 Å². The van der Waals surface area contributed by atoms with Crippen molar-refractivity contribution in [3.63, 3.8) is 0 Å². The van der Waals surface area contributed by atoms with Gasteiger partial charge in [0.05, 0.1) is 17.6 Å². The highest BCUT2D eigenvalue weighted by atomic mass is 32.2. The van der Waals surface area contributed by atoms with Crippen LogP contribution < -0.4 is 22.1 Å². The van der Waals surface area contributed by atoms with Gasteiger partial charge in [0.15, 0.2) is 5.69 Å². The predicted molar refractivity (Wildman–Crippen MR) is 105 cm³/mol. The fourth-order valence-corrected chi connectivity index (χ4v) is 2.96. The van der Waals surface area contributed by atoms with Crippen molar-refractivity contribution in [3.8, 4) is 0 Å². The molecule has 1 atom stereocenters. The van der Waals surface area contributed by atoms with Gasteiger partial charge in [-0.15, -0.1) is 0 Å². The van der Waals surface area contributed by atoms with Gasteiger partial charge in [0, 0.05) is 24.0 Å². The van der Waals surface area contributed by atoms with Gasteiger partial charge in [-0.1, -0.05) is 0 Å². The zero-order chi connectivity index (χ0) is 18.4. The van der Waals surface area contributed by atoms with Gasteiger partial charge in [-0.05, 0) is 43.9 Å². The number of nitrogens with zero attached hydrogens (tertiary/aromatic N) is 2. The van der Waals surface area contributed by atoms with Crippen molar-refractivity contribution in [3.05, 3.63) is 41.3 Å². The number of nitrogens with two attached hydrogens (primary N) is 2. The van der Waals surface area contributed by atoms with E-state index in [4.69, 9.17) is 11.5 Å². The molecule has 6 N–H and O–H groups in total. The number of carbonyl (C=O) groups excluding carboxylic acids is 1. The largest absolute Gasteiger partial charge is 0.382 e. The summed E-state index contributed by atoms with van der Waals surface area (Å²) in [6.07, 6.45) is 3.59. The topological polar surface area (TPSA) is 119 Å². The summed E-state index contributed by atoms with van der Waals surface area (Å²) < 4.78 is 0. The molecule has 0 saturated carbocycles. The van der Waals surface area contributed by atoms with Crippen molar-refractivity contribution in [2.45, 2.75) is 19.9 Å². The Kier molecular flexibility index (Phi) is 6.60. The first-order valence-corrected chi connectivity index (χ1v) is 9.29. The average Bonchev–Trinajstić information content (AvgIpc) is 2.52. The minimum Gasteiger partial charge on any atom is -0.382 e. The van der Waals surface area contributed by atoms with Crippen LogP contribution >= 0.6 is 11.8 Å². The van der Waals surface area contributed by atoms with Gasteiger partial charge in [0.1, 0.15) is 5.82 Å². The van der Waals surface area contributed by atoms with Crippen molar-refractivity contribution in [1.82, 2.24) is 9.97 Å². The van der Waals surface area contributed by atoms with Crippen LogP contribution in [0.5, 0.6) is 0 Å². The lowest BCUT2D eigenvalue weighted by Crippen LogP contribution is -2.31. The number of nitrogens with one attached hydrogen (secondary N) is 2. The van der Waals surface area contributed by atoms with Gasteiger partial charge in [0.25, 0.3) is 5.91 Å². The third-order valence-electron chi connectivity index (χ3n) is 3.43. The quantitative estimate of drug-likeness (QED) is 0.569. The number of amides is 1. The van der Waals surface area contributed by atoms with E-state index in [0.717, 1.165) is 22.7 Å². The zero-order valence-electron chi connectivity index (χ0n) is 14.7. The van der Waals surface area contributed by atoms with Gasteiger partial charge < -0.3 is 22.1 Å². The monoisotopic (exact) mass is 360 g/mol. The number of primary amides is 1. The van der Waals surface area contributed by atoms with E-state index in [1.54, 1.807) is 24.0 Å². The molecule has 2 aromatic rings. The van der Waals surface area contributed by atoms with E-state index in [1.165, 1.54) is 0 Å². The van der Waals surface area contributed by atoms with Crippen LogP contribution in [0, 0.1) is 13.8 Å². The standard InChI is InChI=1S/C17H24N6OS/c1-10-4-11(2)22-15(5-10)23-14-6-13(8-21-16(14)17(19)24)20-7-12(18)9-25-3/h4-6,8,12,20H,7,9,18H2,1-3H3,(H2,19,24)(H,22,23). The fraction of sp³-hybridized carbons (Fsp3) is 0.353. The summed E-state index contributed by atoms with van der Waals surface area (Å²) in [7, 11) is 0. The van der Waals surface area contributed by atoms with E-state index in [9.17, 15) is 4.79 Å². The smallest absolute Gasteiger partial charge is 0.269 e. The molecule has 0 aliphatic heterocycles. The van der Waals surface area contributed by atoms with E-state index in [0.29, 0.717) is 18.1 Å². The molecule has 1 unspecified atom stereocenters. The highest BCUT2D eigenvalue weighted by Gasteiger charge is 2.13. The third-order valence-corrected chi connectivity index (χ3v) is 4.19. The second-order valence-corrected chi connectivity index (χ2v) is 6.79. The summed E-state index contributed by atoms with van der Waals surface area (Å²) in [5.41, 5.74) is 14.8. The molecule has 0 aliphatic carbocycles. The van der Waals surface area contributed by atoms with Gasteiger partial charge in [-0.3, -0.25) is 4.79 Å². The second kappa shape index (κ2) is 8.68. The lowest BCUT2D eigenvalue weighted by Gasteiger charge is -2.15. The molecule has 134 valence electrons. The van der Waals surface area contributed by atoms with E-state index in [1.807, 2.05) is 32.2 Å². The number of anilines is 3. The molecule has 0 spiro atoms. The molecule has 8 heteroatoms. The molecule has 0 fully saturated rings. The van der Waals surface area contributed by atoms with Crippen LogP contribution in [0.1, 0.15) is 21.7 Å². The molecule has 2 rings (SSSR count). The molecule has 0 aromatic carbocycles. The summed E-state index contributed by atoms with van der Waals surface area (Å²) in [6.45, 7) is 4.51. The fourth-order valence-electron chi connectivity index (χ4n) is 2.42. The highest BCUT2D eigenvalue weighted by molar-refractivity contribution is 7.98. The lowest BCUT2D eigenvalue weighted by atomic mass is 10.2. The van der Waals surface area contributed by atoms with E-state index >= 15 is 0 Å². The Hall–Kier alpha value is -2.32. The normalized spacial score (nSPS) is 11.8. The average molecular weight is 360 g/mol. The number of hydrogen-bond donors (Lipinski definition) is 4. The van der Waals surface area contributed by atoms with Crippen LogP contribution in [0.15, 0.2) is 24.4 Å². The Morgan fingerprint density at radius 1 is 1.32 bits per heavy atom. The molecule has 0 radical (unpaired) electrons. The third kappa shape index (κ3) is 5.61. The summed E-state index contributed by atoms with van der Waals surface area (Å²) in [6, 6.07) is 5.69. The minimum absolute atomic E-state index is 0.0308. The van der Waals surface area contributed by atoms with Crippen molar-refractivity contribution in [2.75, 3.05) is 29.2 Å². The molecule has 2 aromatic heterocycles. The Bertz CT molecular complexity index is 732. The minimum atomic E-state index is -0.600. The molecule has 2 heterocycles. The first-order valence-electron chi connectivity index (χ1n) is 7.89. The molecule has 0 saturated heterocycles. The summed E-state index contributed by atoms with van der Waals surface area (Å²) in [5, 5.41) is 6.37. The highest BCUT2D eigenvalue weighted by Crippen LogP contribution is 2.23. The number of thioether (sulfide) groups is 1. The number of hydrogen-bond acceptors (Lipinski definition) is 7. The second-order valence-electron chi connectivity index (χ2n) is 5.88. The lowest BCUT2D eigenvalue weighted by molar-refractivity contribution is 0.0996. The van der Waals surface area contributed by atoms with E-state index < -0.39 is 5.91 Å². The van der Waals surface area contributed by atoms with Gasteiger partial charge in [-0.25, -0.2) is 9.97 Å². The van der Waals surface area contributed by atoms with Crippen LogP contribution in [0.3, 0.4) is 0 Å². The number of aryl methyl sites for hydroxylation is 2. The molecule has 0 bridgehead atoms.